The molecule has 44 valence electrons. The second kappa shape index (κ2) is 1.57. The molecule has 0 aromatic heterocycles. The molecule has 1 fully saturated rings. The van der Waals surface area contributed by atoms with Crippen LogP contribution in [0.5, 0.6) is 0 Å². The fourth-order valence-corrected chi connectivity index (χ4v) is 1.04. The third-order valence-electron chi connectivity index (χ3n) is 1.45. The minimum absolute atomic E-state index is 0.0741. The Balaban J connectivity index is 2.17. The number of rotatable bonds is 0. The van der Waals surface area contributed by atoms with Gasteiger partial charge >= 0.3 is 0 Å². The average Bonchev–Trinajstić information content (AvgIpc) is 2.12. The Morgan fingerprint density at radius 1 is 1.50 bits per heavy atom. The first kappa shape index (κ1) is 4.53. The molecular weight excluding hydrogens is 104 g/mol. The van der Waals surface area contributed by atoms with Crippen LogP contribution in [0.3, 0.4) is 0 Å². The van der Waals surface area contributed by atoms with Gasteiger partial charge in [0.15, 0.2) is 6.29 Å². The van der Waals surface area contributed by atoms with Gasteiger partial charge in [0, 0.05) is 6.42 Å². The van der Waals surface area contributed by atoms with E-state index in [1.54, 1.807) is 0 Å². The summed E-state index contributed by atoms with van der Waals surface area (Å²) >= 11 is 0. The van der Waals surface area contributed by atoms with Crippen LogP contribution in [0, 0.1) is 0 Å². The third kappa shape index (κ3) is 0.572. The van der Waals surface area contributed by atoms with Crippen LogP contribution in [-0.4, -0.2) is 19.0 Å². The van der Waals surface area contributed by atoms with Crippen LogP contribution >= 0.6 is 0 Å². The smallest absolute Gasteiger partial charge is 0.162 e. The van der Waals surface area contributed by atoms with Crippen molar-refractivity contribution in [2.24, 2.45) is 0 Å². The van der Waals surface area contributed by atoms with Gasteiger partial charge in [-0.05, 0) is 0 Å². The Labute approximate surface area is 48.1 Å². The highest BCUT2D eigenvalue weighted by atomic mass is 16.7. The first-order valence-electron chi connectivity index (χ1n) is 2.89. The lowest BCUT2D eigenvalue weighted by atomic mass is 10.3. The van der Waals surface area contributed by atoms with E-state index in [-0.39, 0.29) is 12.4 Å². The average molecular weight is 112 g/mol. The van der Waals surface area contributed by atoms with Crippen molar-refractivity contribution in [3.8, 4) is 0 Å². The summed E-state index contributed by atoms with van der Waals surface area (Å²) in [6, 6.07) is 0. The van der Waals surface area contributed by atoms with Gasteiger partial charge in [0.2, 0.25) is 0 Å². The molecule has 2 aliphatic rings. The van der Waals surface area contributed by atoms with Crippen molar-refractivity contribution in [2.45, 2.75) is 18.8 Å². The predicted octanol–water partition coefficient (Wildman–Crippen LogP) is 0.688. The molecule has 1 saturated heterocycles. The van der Waals surface area contributed by atoms with Gasteiger partial charge in [0.05, 0.1) is 6.61 Å². The van der Waals surface area contributed by atoms with Crippen LogP contribution in [0.15, 0.2) is 12.2 Å². The fraction of sp³-hybridized carbons (Fsp3) is 0.667. The topological polar surface area (TPSA) is 18.5 Å². The molecule has 2 aliphatic heterocycles. The molecule has 0 N–H and O–H groups in total. The Hall–Kier alpha value is -0.340. The Morgan fingerprint density at radius 2 is 2.50 bits per heavy atom. The molecule has 8 heavy (non-hydrogen) atoms. The van der Waals surface area contributed by atoms with E-state index in [1.165, 1.54) is 0 Å². The number of ether oxygens (including phenoxy) is 2. The standard InChI is InChI=1S/C6H8O2/c1-2-5-4-7-6(3-1)8-5/h1-2,5-6H,3-4H2. The lowest BCUT2D eigenvalue weighted by molar-refractivity contribution is -0.0519. The van der Waals surface area contributed by atoms with Crippen molar-refractivity contribution in [1.82, 2.24) is 0 Å². The highest BCUT2D eigenvalue weighted by Crippen LogP contribution is 2.20. The SMILES string of the molecule is C1=CC2COC(C1)O2. The zero-order valence-electron chi connectivity index (χ0n) is 4.54. The summed E-state index contributed by atoms with van der Waals surface area (Å²) in [5, 5.41) is 0. The summed E-state index contributed by atoms with van der Waals surface area (Å²) < 4.78 is 10.5. The van der Waals surface area contributed by atoms with E-state index in [4.69, 9.17) is 9.47 Å². The molecule has 0 aliphatic carbocycles. The van der Waals surface area contributed by atoms with Crippen molar-refractivity contribution in [1.29, 1.82) is 0 Å². The molecule has 0 aromatic carbocycles. The van der Waals surface area contributed by atoms with Gasteiger partial charge in [-0.15, -0.1) is 0 Å². The van der Waals surface area contributed by atoms with E-state index >= 15 is 0 Å². The summed E-state index contributed by atoms with van der Waals surface area (Å²) in [4.78, 5) is 0. The van der Waals surface area contributed by atoms with Crippen molar-refractivity contribution in [3.05, 3.63) is 12.2 Å². The summed E-state index contributed by atoms with van der Waals surface area (Å²) in [7, 11) is 0. The van der Waals surface area contributed by atoms with Gasteiger partial charge in [-0.1, -0.05) is 12.2 Å². The first-order chi connectivity index (χ1) is 3.95. The molecule has 2 nitrogen and oxygen atoms in total. The molecule has 0 radical (unpaired) electrons. The van der Waals surface area contributed by atoms with Crippen LogP contribution in [0.1, 0.15) is 6.42 Å². The second-order valence-electron chi connectivity index (χ2n) is 2.10. The maximum absolute atomic E-state index is 5.29. The largest absolute Gasteiger partial charge is 0.349 e. The van der Waals surface area contributed by atoms with Crippen molar-refractivity contribution in [2.75, 3.05) is 6.61 Å². The molecule has 2 unspecified atom stereocenters. The molecule has 0 saturated carbocycles. The van der Waals surface area contributed by atoms with Crippen LogP contribution in [-0.2, 0) is 9.47 Å². The van der Waals surface area contributed by atoms with Gasteiger partial charge in [-0.25, -0.2) is 0 Å². The summed E-state index contributed by atoms with van der Waals surface area (Å²) in [5.74, 6) is 0. The molecular formula is C6H8O2. The van der Waals surface area contributed by atoms with Gasteiger partial charge in [0.25, 0.3) is 0 Å². The molecule has 2 atom stereocenters. The van der Waals surface area contributed by atoms with Crippen molar-refractivity contribution < 1.29 is 9.47 Å². The van der Waals surface area contributed by atoms with Gasteiger partial charge < -0.3 is 9.47 Å². The highest BCUT2D eigenvalue weighted by molar-refractivity contribution is 4.97. The number of hydrogen-bond donors (Lipinski definition) is 0. The zero-order valence-corrected chi connectivity index (χ0v) is 4.54. The minimum Gasteiger partial charge on any atom is -0.349 e. The first-order valence-corrected chi connectivity index (χ1v) is 2.89. The molecule has 2 rings (SSSR count). The van der Waals surface area contributed by atoms with E-state index < -0.39 is 0 Å². The van der Waals surface area contributed by atoms with Crippen LogP contribution < -0.4 is 0 Å². The van der Waals surface area contributed by atoms with E-state index in [0.29, 0.717) is 0 Å². The van der Waals surface area contributed by atoms with Crippen molar-refractivity contribution in [3.63, 3.8) is 0 Å². The molecule has 0 aromatic rings. The number of hydrogen-bond acceptors (Lipinski definition) is 2. The lowest BCUT2D eigenvalue weighted by Gasteiger charge is -2.10. The predicted molar refractivity (Wildman–Crippen MR) is 28.4 cm³/mol. The van der Waals surface area contributed by atoms with E-state index in [0.717, 1.165) is 13.0 Å². The van der Waals surface area contributed by atoms with Gasteiger partial charge in [-0.3, -0.25) is 0 Å². The summed E-state index contributed by atoms with van der Waals surface area (Å²) in [6.45, 7) is 0.751. The Kier molecular flexibility index (Phi) is 0.889. The minimum atomic E-state index is 0.0741. The Bertz CT molecular complexity index is 120. The monoisotopic (exact) mass is 112 g/mol. The summed E-state index contributed by atoms with van der Waals surface area (Å²) in [5.41, 5.74) is 0. The quantitative estimate of drug-likeness (QED) is 0.429. The van der Waals surface area contributed by atoms with Gasteiger partial charge in [-0.2, -0.15) is 0 Å². The fourth-order valence-electron chi connectivity index (χ4n) is 1.04. The molecule has 2 bridgehead atoms. The maximum Gasteiger partial charge on any atom is 0.162 e. The zero-order chi connectivity index (χ0) is 5.40. The maximum atomic E-state index is 5.29. The Morgan fingerprint density at radius 3 is 3.25 bits per heavy atom. The second-order valence-corrected chi connectivity index (χ2v) is 2.10. The molecule has 2 heterocycles. The van der Waals surface area contributed by atoms with Crippen LogP contribution in [0.25, 0.3) is 0 Å². The molecule has 0 spiro atoms. The van der Waals surface area contributed by atoms with E-state index in [1.807, 2.05) is 0 Å². The van der Waals surface area contributed by atoms with Crippen molar-refractivity contribution >= 4 is 0 Å². The van der Waals surface area contributed by atoms with E-state index in [2.05, 4.69) is 12.2 Å². The van der Waals surface area contributed by atoms with Crippen LogP contribution in [0.2, 0.25) is 0 Å². The van der Waals surface area contributed by atoms with Crippen LogP contribution in [0.4, 0.5) is 0 Å². The lowest BCUT2D eigenvalue weighted by Crippen LogP contribution is -2.12. The highest BCUT2D eigenvalue weighted by Gasteiger charge is 2.25. The van der Waals surface area contributed by atoms with E-state index in [9.17, 15) is 0 Å². The molecule has 0 amide bonds. The normalized spacial score (nSPS) is 43.0. The number of fused-ring (bicyclic) bond motifs is 2. The summed E-state index contributed by atoms with van der Waals surface area (Å²) in [6.07, 6.45) is 5.44. The van der Waals surface area contributed by atoms with Gasteiger partial charge in [0.1, 0.15) is 6.10 Å². The third-order valence-corrected chi connectivity index (χ3v) is 1.45. The molecule has 2 heteroatoms.